The molecule has 2 heterocycles. The van der Waals surface area contributed by atoms with E-state index in [9.17, 15) is 8.78 Å². The summed E-state index contributed by atoms with van der Waals surface area (Å²) in [6.45, 7) is 0. The number of benzene rings is 3. The second-order valence-electron chi connectivity index (χ2n) is 7.65. The van der Waals surface area contributed by atoms with E-state index in [1.54, 1.807) is 41.4 Å². The molecule has 4 nitrogen and oxygen atoms in total. The van der Waals surface area contributed by atoms with Crippen LogP contribution in [-0.4, -0.2) is 17.8 Å². The molecular formula is C25H17Cl2F2N3OS. The van der Waals surface area contributed by atoms with E-state index in [1.165, 1.54) is 36.6 Å². The number of hydrogen-bond donors (Lipinski definition) is 0. The van der Waals surface area contributed by atoms with Gasteiger partial charge in [0, 0.05) is 33.0 Å². The number of ether oxygens (including phenoxy) is 1. The molecule has 1 aliphatic rings. The maximum Gasteiger partial charge on any atom is 0.207 e. The molecule has 4 aromatic rings. The van der Waals surface area contributed by atoms with Crippen LogP contribution in [0.25, 0.3) is 11.3 Å². The van der Waals surface area contributed by atoms with Gasteiger partial charge in [-0.05, 0) is 60.2 Å². The Morgan fingerprint density at radius 3 is 2.47 bits per heavy atom. The van der Waals surface area contributed by atoms with Crippen molar-refractivity contribution < 1.29 is 13.5 Å². The Hall–Kier alpha value is -3.00. The van der Waals surface area contributed by atoms with E-state index in [0.29, 0.717) is 38.6 Å². The molecule has 1 unspecified atom stereocenters. The maximum absolute atomic E-state index is 14.4. The Morgan fingerprint density at radius 2 is 1.76 bits per heavy atom. The van der Waals surface area contributed by atoms with Crippen molar-refractivity contribution in [2.24, 2.45) is 5.10 Å². The van der Waals surface area contributed by atoms with Gasteiger partial charge in [-0.25, -0.2) is 18.8 Å². The van der Waals surface area contributed by atoms with Gasteiger partial charge in [0.1, 0.15) is 5.82 Å². The third-order valence-electron chi connectivity index (χ3n) is 5.54. The standard InChI is InChI=1S/C25H17Cl2F2N3OS/c1-33-24-9-4-15(10-20(24)29)21-12-23(18-8-5-16(26)11-19(18)27)32(31-21)25-30-22(13-34-25)14-2-6-17(28)7-3-14/h2-11,13,23H,12H2,1H3. The lowest BCUT2D eigenvalue weighted by Crippen LogP contribution is -2.18. The monoisotopic (exact) mass is 515 g/mol. The number of anilines is 1. The van der Waals surface area contributed by atoms with Crippen molar-refractivity contribution in [1.82, 2.24) is 4.98 Å². The van der Waals surface area contributed by atoms with Crippen molar-refractivity contribution in [3.05, 3.63) is 98.9 Å². The highest BCUT2D eigenvalue weighted by molar-refractivity contribution is 7.14. The number of halogens is 4. The predicted octanol–water partition coefficient (Wildman–Crippen LogP) is 7.76. The fraction of sp³-hybridized carbons (Fsp3) is 0.120. The van der Waals surface area contributed by atoms with Crippen molar-refractivity contribution in [1.29, 1.82) is 0 Å². The molecule has 0 radical (unpaired) electrons. The van der Waals surface area contributed by atoms with Crippen LogP contribution in [0.3, 0.4) is 0 Å². The minimum Gasteiger partial charge on any atom is -0.494 e. The normalized spacial score (nSPS) is 15.5. The molecule has 0 bridgehead atoms. The number of aromatic nitrogens is 1. The lowest BCUT2D eigenvalue weighted by atomic mass is 9.98. The van der Waals surface area contributed by atoms with Crippen LogP contribution < -0.4 is 9.75 Å². The first-order valence-corrected chi connectivity index (χ1v) is 11.9. The quantitative estimate of drug-likeness (QED) is 0.272. The van der Waals surface area contributed by atoms with E-state index < -0.39 is 5.82 Å². The van der Waals surface area contributed by atoms with Gasteiger partial charge in [0.2, 0.25) is 5.13 Å². The van der Waals surface area contributed by atoms with Crippen LogP contribution in [-0.2, 0) is 0 Å². The minimum absolute atomic E-state index is 0.167. The van der Waals surface area contributed by atoms with E-state index in [0.717, 1.165) is 11.1 Å². The fourth-order valence-corrected chi connectivity index (χ4v) is 5.21. The predicted molar refractivity (Wildman–Crippen MR) is 133 cm³/mol. The van der Waals surface area contributed by atoms with Gasteiger partial charge in [-0.15, -0.1) is 11.3 Å². The van der Waals surface area contributed by atoms with E-state index in [-0.39, 0.29) is 17.6 Å². The third kappa shape index (κ3) is 4.39. The van der Waals surface area contributed by atoms with Crippen LogP contribution in [0, 0.1) is 11.6 Å². The molecule has 5 rings (SSSR count). The van der Waals surface area contributed by atoms with Crippen molar-refractivity contribution in [3.8, 4) is 17.0 Å². The smallest absolute Gasteiger partial charge is 0.207 e. The zero-order valence-electron chi connectivity index (χ0n) is 17.8. The summed E-state index contributed by atoms with van der Waals surface area (Å²) < 4.78 is 32.8. The molecule has 0 saturated carbocycles. The molecule has 0 saturated heterocycles. The van der Waals surface area contributed by atoms with Gasteiger partial charge in [0.05, 0.1) is 24.6 Å². The number of thiazole rings is 1. The van der Waals surface area contributed by atoms with Crippen LogP contribution in [0.2, 0.25) is 10.0 Å². The Morgan fingerprint density at radius 1 is 1.00 bits per heavy atom. The number of rotatable bonds is 5. The van der Waals surface area contributed by atoms with Gasteiger partial charge >= 0.3 is 0 Å². The van der Waals surface area contributed by atoms with E-state index in [2.05, 4.69) is 0 Å². The molecule has 3 aromatic carbocycles. The number of hydrazone groups is 1. The topological polar surface area (TPSA) is 37.7 Å². The van der Waals surface area contributed by atoms with Gasteiger partial charge in [-0.2, -0.15) is 5.10 Å². The van der Waals surface area contributed by atoms with Crippen LogP contribution in [0.1, 0.15) is 23.6 Å². The highest BCUT2D eigenvalue weighted by Crippen LogP contribution is 2.42. The lowest BCUT2D eigenvalue weighted by Gasteiger charge is -2.22. The number of nitrogens with zero attached hydrogens (tertiary/aromatic N) is 3. The molecule has 1 aromatic heterocycles. The Bertz CT molecular complexity index is 1390. The van der Waals surface area contributed by atoms with Crippen molar-refractivity contribution in [2.75, 3.05) is 12.1 Å². The molecule has 9 heteroatoms. The molecule has 0 amide bonds. The summed E-state index contributed by atoms with van der Waals surface area (Å²) in [4.78, 5) is 4.74. The summed E-state index contributed by atoms with van der Waals surface area (Å²) in [7, 11) is 1.42. The van der Waals surface area contributed by atoms with E-state index in [1.807, 2.05) is 11.4 Å². The average Bonchev–Trinajstić information content (AvgIpc) is 3.47. The molecule has 172 valence electrons. The van der Waals surface area contributed by atoms with Crippen LogP contribution in [0.15, 0.2) is 71.1 Å². The summed E-state index contributed by atoms with van der Waals surface area (Å²) in [6, 6.07) is 16.0. The van der Waals surface area contributed by atoms with E-state index in [4.69, 9.17) is 38.0 Å². The summed E-state index contributed by atoms with van der Waals surface area (Å²) in [5.74, 6) is -0.604. The van der Waals surface area contributed by atoms with Crippen LogP contribution in [0.5, 0.6) is 5.75 Å². The Balaban J connectivity index is 1.55. The Labute approximate surface area is 209 Å². The summed E-state index contributed by atoms with van der Waals surface area (Å²) >= 11 is 14.1. The third-order valence-corrected chi connectivity index (χ3v) is 6.94. The second kappa shape index (κ2) is 9.33. The highest BCUT2D eigenvalue weighted by atomic mass is 35.5. The summed E-state index contributed by atoms with van der Waals surface area (Å²) in [6.07, 6.45) is 0.485. The highest BCUT2D eigenvalue weighted by Gasteiger charge is 2.33. The molecule has 0 fully saturated rings. The van der Waals surface area contributed by atoms with Crippen molar-refractivity contribution >= 4 is 45.4 Å². The van der Waals surface area contributed by atoms with Gasteiger partial charge in [-0.3, -0.25) is 0 Å². The average molecular weight is 516 g/mol. The Kier molecular flexibility index (Phi) is 6.25. The van der Waals surface area contributed by atoms with Gasteiger partial charge in [0.15, 0.2) is 11.6 Å². The fourth-order valence-electron chi connectivity index (χ4n) is 3.84. The first-order valence-electron chi connectivity index (χ1n) is 10.3. The van der Waals surface area contributed by atoms with Crippen LogP contribution in [0.4, 0.5) is 13.9 Å². The number of hydrogen-bond acceptors (Lipinski definition) is 5. The second-order valence-corrected chi connectivity index (χ2v) is 9.33. The molecule has 0 spiro atoms. The number of methoxy groups -OCH3 is 1. The van der Waals surface area contributed by atoms with Gasteiger partial charge < -0.3 is 4.74 Å². The van der Waals surface area contributed by atoms with Crippen molar-refractivity contribution in [3.63, 3.8) is 0 Å². The largest absolute Gasteiger partial charge is 0.494 e. The van der Waals surface area contributed by atoms with Crippen LogP contribution >= 0.6 is 34.5 Å². The molecule has 1 aliphatic heterocycles. The van der Waals surface area contributed by atoms with E-state index >= 15 is 0 Å². The van der Waals surface area contributed by atoms with Gasteiger partial charge in [-0.1, -0.05) is 29.3 Å². The minimum atomic E-state index is -0.463. The van der Waals surface area contributed by atoms with Crippen molar-refractivity contribution in [2.45, 2.75) is 12.5 Å². The molecule has 1 atom stereocenters. The first kappa shape index (κ1) is 22.8. The SMILES string of the molecule is COc1ccc(C2=NN(c3nc(-c4ccc(F)cc4)cs3)C(c3ccc(Cl)cc3Cl)C2)cc1F. The summed E-state index contributed by atoms with van der Waals surface area (Å²) in [5.41, 5.74) is 3.67. The first-order chi connectivity index (χ1) is 16.4. The molecule has 0 N–H and O–H groups in total. The molecule has 0 aliphatic carbocycles. The van der Waals surface area contributed by atoms with Gasteiger partial charge in [0.25, 0.3) is 0 Å². The molecule has 34 heavy (non-hydrogen) atoms. The summed E-state index contributed by atoms with van der Waals surface area (Å²) in [5, 5.41) is 10.2. The lowest BCUT2D eigenvalue weighted by molar-refractivity contribution is 0.386. The maximum atomic E-state index is 14.4. The zero-order valence-corrected chi connectivity index (χ0v) is 20.1. The molecular weight excluding hydrogens is 499 g/mol. The zero-order chi connectivity index (χ0) is 23.8.